The molecule has 0 N–H and O–H groups in total. The number of amides is 1. The van der Waals surface area contributed by atoms with E-state index in [-0.39, 0.29) is 5.91 Å². The first-order valence-electron chi connectivity index (χ1n) is 6.42. The summed E-state index contributed by atoms with van der Waals surface area (Å²) in [4.78, 5) is 12.7. The van der Waals surface area contributed by atoms with Gasteiger partial charge in [-0.15, -0.1) is 16.4 Å². The van der Waals surface area contributed by atoms with Crippen LogP contribution in [-0.4, -0.2) is 23.9 Å². The lowest BCUT2D eigenvalue weighted by atomic mass is 10.2. The van der Waals surface area contributed by atoms with E-state index < -0.39 is 6.23 Å². The topological polar surface area (TPSA) is 51.1 Å². The fourth-order valence-electron chi connectivity index (χ4n) is 2.05. The molecule has 6 heteroatoms. The number of rotatable bonds is 3. The van der Waals surface area contributed by atoms with Gasteiger partial charge in [0.2, 0.25) is 12.1 Å². The number of hydrogen-bond donors (Lipinski definition) is 0. The zero-order valence-electron chi connectivity index (χ0n) is 11.6. The van der Waals surface area contributed by atoms with Gasteiger partial charge in [0.25, 0.3) is 5.90 Å². The van der Waals surface area contributed by atoms with E-state index >= 15 is 0 Å². The standard InChI is InChI=1S/C15H14N2O3S/c1-10(18)17-15(11-5-7-12(19-2)8-6-11)20-14(16-17)13-4-3-9-21-13/h3-9,15H,1-2H3. The zero-order valence-corrected chi connectivity index (χ0v) is 12.5. The number of benzene rings is 1. The van der Waals surface area contributed by atoms with Gasteiger partial charge in [-0.05, 0) is 35.7 Å². The van der Waals surface area contributed by atoms with Crippen molar-refractivity contribution in [2.75, 3.05) is 7.11 Å². The van der Waals surface area contributed by atoms with Gasteiger partial charge in [-0.2, -0.15) is 5.01 Å². The Morgan fingerprint density at radius 3 is 2.67 bits per heavy atom. The quantitative estimate of drug-likeness (QED) is 0.876. The maximum absolute atomic E-state index is 11.8. The summed E-state index contributed by atoms with van der Waals surface area (Å²) in [6, 6.07) is 11.2. The molecule has 0 saturated carbocycles. The summed E-state index contributed by atoms with van der Waals surface area (Å²) >= 11 is 1.52. The van der Waals surface area contributed by atoms with Crippen LogP contribution in [0.4, 0.5) is 0 Å². The second-order valence-electron chi connectivity index (χ2n) is 4.49. The van der Waals surface area contributed by atoms with Crippen LogP contribution >= 0.6 is 11.3 Å². The highest BCUT2D eigenvalue weighted by Crippen LogP contribution is 2.31. The molecule has 0 spiro atoms. The van der Waals surface area contributed by atoms with Crippen molar-refractivity contribution in [3.8, 4) is 5.75 Å². The smallest absolute Gasteiger partial charge is 0.251 e. The van der Waals surface area contributed by atoms with Crippen molar-refractivity contribution in [2.45, 2.75) is 13.2 Å². The number of carbonyl (C=O) groups excluding carboxylic acids is 1. The Bertz CT molecular complexity index is 665. The van der Waals surface area contributed by atoms with Crippen molar-refractivity contribution >= 4 is 23.1 Å². The summed E-state index contributed by atoms with van der Waals surface area (Å²) in [6.45, 7) is 1.47. The molecular weight excluding hydrogens is 288 g/mol. The van der Waals surface area contributed by atoms with Gasteiger partial charge in [-0.1, -0.05) is 6.07 Å². The zero-order chi connectivity index (χ0) is 14.8. The van der Waals surface area contributed by atoms with Crippen molar-refractivity contribution < 1.29 is 14.3 Å². The van der Waals surface area contributed by atoms with E-state index in [0.717, 1.165) is 16.2 Å². The molecule has 3 rings (SSSR count). The van der Waals surface area contributed by atoms with Gasteiger partial charge in [-0.25, -0.2) is 0 Å². The summed E-state index contributed by atoms with van der Waals surface area (Å²) < 4.78 is 11.0. The normalized spacial score (nSPS) is 17.3. The lowest BCUT2D eigenvalue weighted by Crippen LogP contribution is -2.25. The molecule has 1 aliphatic heterocycles. The minimum atomic E-state index is -0.537. The molecule has 1 atom stereocenters. The molecule has 1 aliphatic rings. The summed E-state index contributed by atoms with van der Waals surface area (Å²) in [7, 11) is 1.61. The molecule has 1 aromatic carbocycles. The van der Waals surface area contributed by atoms with Gasteiger partial charge in [0.15, 0.2) is 0 Å². The molecular formula is C15H14N2O3S. The van der Waals surface area contributed by atoms with E-state index in [4.69, 9.17) is 9.47 Å². The van der Waals surface area contributed by atoms with Gasteiger partial charge in [-0.3, -0.25) is 4.79 Å². The summed E-state index contributed by atoms with van der Waals surface area (Å²) in [5.41, 5.74) is 0.848. The second kappa shape index (κ2) is 5.57. The van der Waals surface area contributed by atoms with Crippen molar-refractivity contribution in [1.29, 1.82) is 0 Å². The number of thiophene rings is 1. The average molecular weight is 302 g/mol. The van der Waals surface area contributed by atoms with Gasteiger partial charge < -0.3 is 9.47 Å². The summed E-state index contributed by atoms with van der Waals surface area (Å²) in [6.07, 6.45) is -0.537. The van der Waals surface area contributed by atoms with E-state index in [9.17, 15) is 4.79 Å². The van der Waals surface area contributed by atoms with Crippen molar-refractivity contribution in [2.24, 2.45) is 5.10 Å². The lowest BCUT2D eigenvalue weighted by Gasteiger charge is -2.19. The van der Waals surface area contributed by atoms with Gasteiger partial charge in [0, 0.05) is 12.5 Å². The molecule has 0 saturated heterocycles. The fraction of sp³-hybridized carbons (Fsp3) is 0.200. The van der Waals surface area contributed by atoms with Crippen LogP contribution < -0.4 is 4.74 Å². The first-order chi connectivity index (χ1) is 10.2. The molecule has 1 unspecified atom stereocenters. The van der Waals surface area contributed by atoms with Crippen molar-refractivity contribution in [3.05, 3.63) is 52.2 Å². The maximum Gasteiger partial charge on any atom is 0.251 e. The molecule has 2 aromatic rings. The van der Waals surface area contributed by atoms with Gasteiger partial charge in [0.1, 0.15) is 5.75 Å². The number of carbonyl (C=O) groups is 1. The Balaban J connectivity index is 1.90. The predicted molar refractivity (Wildman–Crippen MR) is 80.2 cm³/mol. The van der Waals surface area contributed by atoms with Crippen molar-refractivity contribution in [3.63, 3.8) is 0 Å². The minimum absolute atomic E-state index is 0.164. The monoisotopic (exact) mass is 302 g/mol. The number of ether oxygens (including phenoxy) is 2. The predicted octanol–water partition coefficient (Wildman–Crippen LogP) is 3.00. The maximum atomic E-state index is 11.8. The van der Waals surface area contributed by atoms with Crippen LogP contribution in [0.25, 0.3) is 0 Å². The van der Waals surface area contributed by atoms with Gasteiger partial charge in [0.05, 0.1) is 12.0 Å². The Kier molecular flexibility index (Phi) is 3.62. The highest BCUT2D eigenvalue weighted by molar-refractivity contribution is 7.12. The molecule has 0 bridgehead atoms. The second-order valence-corrected chi connectivity index (χ2v) is 5.44. The third-order valence-corrected chi connectivity index (χ3v) is 3.96. The lowest BCUT2D eigenvalue weighted by molar-refractivity contribution is -0.135. The molecule has 0 aliphatic carbocycles. The highest BCUT2D eigenvalue weighted by atomic mass is 32.1. The fourth-order valence-corrected chi connectivity index (χ4v) is 2.70. The third-order valence-electron chi connectivity index (χ3n) is 3.10. The van der Waals surface area contributed by atoms with Crippen LogP contribution in [-0.2, 0) is 9.53 Å². The number of methoxy groups -OCH3 is 1. The van der Waals surface area contributed by atoms with Crippen molar-refractivity contribution in [1.82, 2.24) is 5.01 Å². The minimum Gasteiger partial charge on any atom is -0.497 e. The van der Waals surface area contributed by atoms with Crippen LogP contribution in [0, 0.1) is 0 Å². The van der Waals surface area contributed by atoms with Gasteiger partial charge >= 0.3 is 0 Å². The van der Waals surface area contributed by atoms with E-state index in [1.54, 1.807) is 7.11 Å². The summed E-state index contributed by atoms with van der Waals surface area (Å²) in [5.74, 6) is 1.06. The van der Waals surface area contributed by atoms with E-state index in [2.05, 4.69) is 5.10 Å². The number of hydrogen-bond acceptors (Lipinski definition) is 5. The highest BCUT2D eigenvalue weighted by Gasteiger charge is 2.33. The van der Waals surface area contributed by atoms with Crippen LogP contribution in [0.2, 0.25) is 0 Å². The largest absolute Gasteiger partial charge is 0.497 e. The van der Waals surface area contributed by atoms with E-state index in [1.807, 2.05) is 41.8 Å². The summed E-state index contributed by atoms with van der Waals surface area (Å²) in [5, 5.41) is 7.59. The molecule has 1 amide bonds. The SMILES string of the molecule is COc1ccc(C2OC(c3cccs3)=NN2C(C)=O)cc1. The Morgan fingerprint density at radius 2 is 2.10 bits per heavy atom. The molecule has 0 radical (unpaired) electrons. The van der Waals surface area contributed by atoms with E-state index in [1.165, 1.54) is 23.3 Å². The molecule has 5 nitrogen and oxygen atoms in total. The van der Waals surface area contributed by atoms with Crippen LogP contribution in [0.15, 0.2) is 46.9 Å². The van der Waals surface area contributed by atoms with Crippen LogP contribution in [0.3, 0.4) is 0 Å². The molecule has 108 valence electrons. The average Bonchev–Trinajstić information content (AvgIpc) is 3.16. The van der Waals surface area contributed by atoms with Crippen LogP contribution in [0.5, 0.6) is 5.75 Å². The number of nitrogens with zero attached hydrogens (tertiary/aromatic N) is 2. The molecule has 21 heavy (non-hydrogen) atoms. The van der Waals surface area contributed by atoms with E-state index in [0.29, 0.717) is 5.90 Å². The first-order valence-corrected chi connectivity index (χ1v) is 7.30. The number of hydrazone groups is 1. The Morgan fingerprint density at radius 1 is 1.33 bits per heavy atom. The third kappa shape index (κ3) is 2.62. The molecule has 1 aromatic heterocycles. The molecule has 0 fully saturated rings. The molecule has 2 heterocycles. The van der Waals surface area contributed by atoms with Crippen LogP contribution in [0.1, 0.15) is 23.6 Å². The Hall–Kier alpha value is -2.34. The Labute approximate surface area is 126 Å². The first kappa shape index (κ1) is 13.6.